The number of carbonyl (C=O) groups is 1. The predicted molar refractivity (Wildman–Crippen MR) is 112 cm³/mol. The summed E-state index contributed by atoms with van der Waals surface area (Å²) >= 11 is 0. The van der Waals surface area contributed by atoms with Crippen LogP contribution in [-0.4, -0.2) is 39.0 Å². The van der Waals surface area contributed by atoms with Gasteiger partial charge in [-0.3, -0.25) is 4.79 Å². The minimum absolute atomic E-state index is 0.174. The van der Waals surface area contributed by atoms with Crippen LogP contribution in [0.3, 0.4) is 0 Å². The van der Waals surface area contributed by atoms with E-state index in [9.17, 15) is 4.79 Å². The Balaban J connectivity index is 0.00000132. The Morgan fingerprint density at radius 2 is 1.83 bits per heavy atom. The molecule has 7 nitrogen and oxygen atoms in total. The molecule has 0 saturated carbocycles. The summed E-state index contributed by atoms with van der Waals surface area (Å²) in [5.41, 5.74) is 4.61. The van der Waals surface area contributed by atoms with Crippen molar-refractivity contribution in [3.63, 3.8) is 0 Å². The van der Waals surface area contributed by atoms with Crippen LogP contribution in [0.2, 0.25) is 0 Å². The minimum Gasteiger partial charge on any atom is -0.399 e. The summed E-state index contributed by atoms with van der Waals surface area (Å²) in [5.74, 6) is 0. The standard InChI is InChI=1S/C20H19N3O3.C2H6O/c1-14-6-4-9-18(20(12-24)23-25-3)19(14)13-26-22-15(2)17-8-5-7-16(10-17)11-21;1-3-2/h4-10,12H,13H2,1-3H3;1-2H3/b22-15+,23-20-;. The van der Waals surface area contributed by atoms with Crippen LogP contribution in [0.4, 0.5) is 0 Å². The summed E-state index contributed by atoms with van der Waals surface area (Å²) in [6, 6.07) is 14.8. The normalized spacial score (nSPS) is 11.0. The zero-order chi connectivity index (χ0) is 21.6. The first kappa shape index (κ1) is 23.5. The molecule has 0 spiro atoms. The highest BCUT2D eigenvalue weighted by Crippen LogP contribution is 2.17. The van der Waals surface area contributed by atoms with Gasteiger partial charge in [0.15, 0.2) is 6.29 Å². The molecule has 0 saturated heterocycles. The van der Waals surface area contributed by atoms with Gasteiger partial charge < -0.3 is 14.4 Å². The number of nitriles is 1. The van der Waals surface area contributed by atoms with Gasteiger partial charge in [0.25, 0.3) is 0 Å². The molecule has 29 heavy (non-hydrogen) atoms. The van der Waals surface area contributed by atoms with Crippen molar-refractivity contribution in [1.82, 2.24) is 0 Å². The first-order valence-corrected chi connectivity index (χ1v) is 8.74. The third kappa shape index (κ3) is 7.20. The summed E-state index contributed by atoms with van der Waals surface area (Å²) in [7, 11) is 4.64. The fraction of sp³-hybridized carbons (Fsp3) is 0.273. The molecule has 0 aliphatic carbocycles. The van der Waals surface area contributed by atoms with E-state index >= 15 is 0 Å². The zero-order valence-electron chi connectivity index (χ0n) is 17.3. The third-order valence-corrected chi connectivity index (χ3v) is 3.81. The molecule has 0 amide bonds. The third-order valence-electron chi connectivity index (χ3n) is 3.81. The van der Waals surface area contributed by atoms with E-state index in [0.29, 0.717) is 23.1 Å². The Morgan fingerprint density at radius 1 is 1.14 bits per heavy atom. The van der Waals surface area contributed by atoms with Crippen LogP contribution in [-0.2, 0) is 25.8 Å². The van der Waals surface area contributed by atoms with Gasteiger partial charge in [0.1, 0.15) is 19.4 Å². The van der Waals surface area contributed by atoms with Gasteiger partial charge in [-0.15, -0.1) is 0 Å². The summed E-state index contributed by atoms with van der Waals surface area (Å²) < 4.78 is 4.25. The molecular weight excluding hydrogens is 370 g/mol. The van der Waals surface area contributed by atoms with Gasteiger partial charge in [-0.1, -0.05) is 40.6 Å². The molecule has 0 aliphatic heterocycles. The van der Waals surface area contributed by atoms with Crippen LogP contribution < -0.4 is 0 Å². The molecule has 7 heteroatoms. The van der Waals surface area contributed by atoms with Crippen molar-refractivity contribution in [3.05, 3.63) is 70.3 Å². The topological polar surface area (TPSA) is 93.3 Å². The fourth-order valence-electron chi connectivity index (χ4n) is 2.43. The number of carbonyl (C=O) groups excluding carboxylic acids is 1. The van der Waals surface area contributed by atoms with E-state index in [2.05, 4.69) is 21.1 Å². The molecule has 152 valence electrons. The molecule has 2 rings (SSSR count). The molecule has 2 aromatic rings. The van der Waals surface area contributed by atoms with E-state index in [4.69, 9.17) is 14.9 Å². The number of methoxy groups -OCH3 is 1. The van der Waals surface area contributed by atoms with Crippen molar-refractivity contribution in [3.8, 4) is 6.07 Å². The Morgan fingerprint density at radius 3 is 2.45 bits per heavy atom. The fourth-order valence-corrected chi connectivity index (χ4v) is 2.43. The number of hydrogen-bond acceptors (Lipinski definition) is 7. The van der Waals surface area contributed by atoms with Gasteiger partial charge in [-0.25, -0.2) is 0 Å². The lowest BCUT2D eigenvalue weighted by Crippen LogP contribution is -2.09. The van der Waals surface area contributed by atoms with Crippen LogP contribution in [0.1, 0.15) is 34.7 Å². The lowest BCUT2D eigenvalue weighted by atomic mass is 9.99. The molecule has 0 fully saturated rings. The maximum Gasteiger partial charge on any atom is 0.172 e. The molecule has 0 atom stereocenters. The van der Waals surface area contributed by atoms with Crippen molar-refractivity contribution in [2.24, 2.45) is 10.3 Å². The lowest BCUT2D eigenvalue weighted by Gasteiger charge is -2.11. The van der Waals surface area contributed by atoms with Gasteiger partial charge in [-0.05, 0) is 31.5 Å². The maximum atomic E-state index is 11.3. The molecule has 0 aromatic heterocycles. The number of oxime groups is 2. The summed E-state index contributed by atoms with van der Waals surface area (Å²) in [5, 5.41) is 16.9. The van der Waals surface area contributed by atoms with Crippen LogP contribution in [0.15, 0.2) is 52.8 Å². The predicted octanol–water partition coefficient (Wildman–Crippen LogP) is 3.62. The Kier molecular flexibility index (Phi) is 10.4. The Labute approximate surface area is 171 Å². The van der Waals surface area contributed by atoms with Crippen molar-refractivity contribution in [2.75, 3.05) is 21.3 Å². The average molecular weight is 395 g/mol. The van der Waals surface area contributed by atoms with Crippen LogP contribution in [0.25, 0.3) is 0 Å². The zero-order valence-corrected chi connectivity index (χ0v) is 17.3. The van der Waals surface area contributed by atoms with Crippen molar-refractivity contribution in [2.45, 2.75) is 20.5 Å². The number of nitrogens with zero attached hydrogens (tertiary/aromatic N) is 3. The number of ether oxygens (including phenoxy) is 1. The summed E-state index contributed by atoms with van der Waals surface area (Å²) in [6.45, 7) is 3.90. The van der Waals surface area contributed by atoms with Gasteiger partial charge >= 0.3 is 0 Å². The van der Waals surface area contributed by atoms with Gasteiger partial charge in [0.05, 0.1) is 17.3 Å². The maximum absolute atomic E-state index is 11.3. The molecule has 0 aliphatic rings. The highest BCUT2D eigenvalue weighted by molar-refractivity contribution is 6.36. The second-order valence-corrected chi connectivity index (χ2v) is 5.93. The largest absolute Gasteiger partial charge is 0.399 e. The summed E-state index contributed by atoms with van der Waals surface area (Å²) in [4.78, 5) is 21.5. The van der Waals surface area contributed by atoms with E-state index in [-0.39, 0.29) is 12.3 Å². The molecule has 0 unspecified atom stereocenters. The molecule has 0 radical (unpaired) electrons. The highest BCUT2D eigenvalue weighted by atomic mass is 16.6. The minimum atomic E-state index is 0.174. The highest BCUT2D eigenvalue weighted by Gasteiger charge is 2.12. The van der Waals surface area contributed by atoms with E-state index < -0.39 is 0 Å². The number of hydrogen-bond donors (Lipinski definition) is 0. The molecule has 0 heterocycles. The number of aryl methyl sites for hydroxylation is 1. The second-order valence-electron chi connectivity index (χ2n) is 5.93. The first-order valence-electron chi connectivity index (χ1n) is 8.74. The van der Waals surface area contributed by atoms with E-state index in [1.165, 1.54) is 7.11 Å². The van der Waals surface area contributed by atoms with E-state index in [1.807, 2.05) is 25.1 Å². The monoisotopic (exact) mass is 395 g/mol. The lowest BCUT2D eigenvalue weighted by molar-refractivity contribution is -0.102. The average Bonchev–Trinajstić information content (AvgIpc) is 2.73. The van der Waals surface area contributed by atoms with E-state index in [0.717, 1.165) is 16.7 Å². The van der Waals surface area contributed by atoms with Crippen molar-refractivity contribution >= 4 is 17.7 Å². The Bertz CT molecular complexity index is 915. The van der Waals surface area contributed by atoms with Gasteiger partial charge in [0.2, 0.25) is 0 Å². The van der Waals surface area contributed by atoms with Gasteiger partial charge in [0, 0.05) is 30.9 Å². The van der Waals surface area contributed by atoms with E-state index in [1.54, 1.807) is 45.4 Å². The van der Waals surface area contributed by atoms with Crippen LogP contribution in [0, 0.1) is 18.3 Å². The summed E-state index contributed by atoms with van der Waals surface area (Å²) in [6.07, 6.45) is 0.643. The van der Waals surface area contributed by atoms with Gasteiger partial charge in [-0.2, -0.15) is 5.26 Å². The van der Waals surface area contributed by atoms with Crippen LogP contribution >= 0.6 is 0 Å². The smallest absolute Gasteiger partial charge is 0.172 e. The van der Waals surface area contributed by atoms with Crippen molar-refractivity contribution < 1.29 is 19.2 Å². The SMILES string of the molecule is CO/N=C(/C=O)c1cccc(C)c1CO/N=C(\C)c1cccc(C#N)c1.COC. The second kappa shape index (κ2) is 12.8. The molecular formula is C22H25N3O4. The molecule has 0 bridgehead atoms. The quantitative estimate of drug-likeness (QED) is 0.405. The molecule has 2 aromatic carbocycles. The number of benzene rings is 2. The van der Waals surface area contributed by atoms with Crippen molar-refractivity contribution in [1.29, 1.82) is 5.26 Å². The number of aldehydes is 1. The first-order chi connectivity index (χ1) is 14.0. The Hall–Kier alpha value is -3.50. The van der Waals surface area contributed by atoms with Crippen LogP contribution in [0.5, 0.6) is 0 Å². The molecule has 0 N–H and O–H groups in total. The number of rotatable bonds is 7.